The molecule has 1 aromatic rings. The standard InChI is InChI=1S/C15H24ClN3/c1-3-17-12-13-11-14(16)5-6-15(13)19-9-7-18(4-2)8-10-19/h5-6,11,17H,3-4,7-10,12H2,1-2H3. The van der Waals surface area contributed by atoms with Gasteiger partial charge in [0.05, 0.1) is 0 Å². The van der Waals surface area contributed by atoms with E-state index in [0.717, 1.165) is 50.8 Å². The summed E-state index contributed by atoms with van der Waals surface area (Å²) in [5.41, 5.74) is 2.64. The first-order valence-electron chi connectivity index (χ1n) is 7.21. The summed E-state index contributed by atoms with van der Waals surface area (Å²) < 4.78 is 0. The van der Waals surface area contributed by atoms with E-state index in [-0.39, 0.29) is 0 Å². The zero-order valence-electron chi connectivity index (χ0n) is 12.0. The van der Waals surface area contributed by atoms with Gasteiger partial charge >= 0.3 is 0 Å². The van der Waals surface area contributed by atoms with Gasteiger partial charge in [0.1, 0.15) is 0 Å². The number of hydrogen-bond acceptors (Lipinski definition) is 3. The Labute approximate surface area is 121 Å². The van der Waals surface area contributed by atoms with Gasteiger partial charge in [-0.3, -0.25) is 0 Å². The van der Waals surface area contributed by atoms with Crippen LogP contribution in [0.25, 0.3) is 0 Å². The van der Waals surface area contributed by atoms with E-state index >= 15 is 0 Å². The van der Waals surface area contributed by atoms with Crippen molar-refractivity contribution in [3.8, 4) is 0 Å². The Balaban J connectivity index is 2.10. The van der Waals surface area contributed by atoms with Crippen molar-refractivity contribution in [1.29, 1.82) is 0 Å². The molecule has 0 bridgehead atoms. The zero-order valence-corrected chi connectivity index (χ0v) is 12.7. The number of piperazine rings is 1. The second-order valence-corrected chi connectivity index (χ2v) is 5.41. The van der Waals surface area contributed by atoms with Crippen LogP contribution in [-0.4, -0.2) is 44.2 Å². The predicted octanol–water partition coefficient (Wildman–Crippen LogP) is 2.59. The number of nitrogens with zero attached hydrogens (tertiary/aromatic N) is 2. The molecule has 1 aliphatic rings. The number of nitrogens with one attached hydrogen (secondary N) is 1. The van der Waals surface area contributed by atoms with Crippen LogP contribution in [0.1, 0.15) is 19.4 Å². The minimum absolute atomic E-state index is 0.823. The average Bonchev–Trinajstić information content (AvgIpc) is 2.45. The Kier molecular flexibility index (Phi) is 5.49. The van der Waals surface area contributed by atoms with Crippen LogP contribution in [0.3, 0.4) is 0 Å². The average molecular weight is 282 g/mol. The van der Waals surface area contributed by atoms with Crippen LogP contribution >= 0.6 is 11.6 Å². The molecular formula is C15H24ClN3. The fraction of sp³-hybridized carbons (Fsp3) is 0.600. The third kappa shape index (κ3) is 3.85. The molecule has 0 atom stereocenters. The molecule has 0 aliphatic carbocycles. The molecule has 1 aliphatic heterocycles. The van der Waals surface area contributed by atoms with Gasteiger partial charge in [0.25, 0.3) is 0 Å². The Bertz CT molecular complexity index is 400. The minimum Gasteiger partial charge on any atom is -0.369 e. The van der Waals surface area contributed by atoms with Gasteiger partial charge in [-0.05, 0) is 36.9 Å². The lowest BCUT2D eigenvalue weighted by atomic mass is 10.1. The molecule has 1 aromatic carbocycles. The number of rotatable bonds is 5. The summed E-state index contributed by atoms with van der Waals surface area (Å²) in [5.74, 6) is 0. The number of anilines is 1. The van der Waals surface area contributed by atoms with Crippen LogP contribution in [-0.2, 0) is 6.54 Å². The van der Waals surface area contributed by atoms with Crippen molar-refractivity contribution in [2.24, 2.45) is 0 Å². The summed E-state index contributed by atoms with van der Waals surface area (Å²) in [6, 6.07) is 6.25. The van der Waals surface area contributed by atoms with E-state index in [0.29, 0.717) is 0 Å². The monoisotopic (exact) mass is 281 g/mol. The maximum atomic E-state index is 6.13. The molecule has 3 nitrogen and oxygen atoms in total. The highest BCUT2D eigenvalue weighted by Crippen LogP contribution is 2.25. The van der Waals surface area contributed by atoms with Crippen LogP contribution < -0.4 is 10.2 Å². The molecule has 19 heavy (non-hydrogen) atoms. The van der Waals surface area contributed by atoms with Crippen LogP contribution in [0.4, 0.5) is 5.69 Å². The fourth-order valence-electron chi connectivity index (χ4n) is 2.57. The van der Waals surface area contributed by atoms with E-state index in [2.05, 4.69) is 41.1 Å². The Hall–Kier alpha value is -0.770. The lowest BCUT2D eigenvalue weighted by molar-refractivity contribution is 0.271. The smallest absolute Gasteiger partial charge is 0.0413 e. The van der Waals surface area contributed by atoms with Gasteiger partial charge in [-0.15, -0.1) is 0 Å². The molecule has 106 valence electrons. The van der Waals surface area contributed by atoms with Crippen molar-refractivity contribution in [3.63, 3.8) is 0 Å². The van der Waals surface area contributed by atoms with Gasteiger partial charge in [-0.2, -0.15) is 0 Å². The SMILES string of the molecule is CCNCc1cc(Cl)ccc1N1CCN(CC)CC1. The highest BCUT2D eigenvalue weighted by Gasteiger charge is 2.18. The molecular weight excluding hydrogens is 258 g/mol. The Morgan fingerprint density at radius 1 is 1.16 bits per heavy atom. The van der Waals surface area contributed by atoms with E-state index in [9.17, 15) is 0 Å². The molecule has 0 radical (unpaired) electrons. The second kappa shape index (κ2) is 7.13. The summed E-state index contributed by atoms with van der Waals surface area (Å²) in [6.07, 6.45) is 0. The first kappa shape index (κ1) is 14.6. The number of likely N-dealkylation sites (N-methyl/N-ethyl adjacent to an activating group) is 1. The quantitative estimate of drug-likeness (QED) is 0.895. The zero-order chi connectivity index (χ0) is 13.7. The summed E-state index contributed by atoms with van der Waals surface area (Å²) in [7, 11) is 0. The second-order valence-electron chi connectivity index (χ2n) is 4.97. The molecule has 0 amide bonds. The summed E-state index contributed by atoms with van der Waals surface area (Å²) in [6.45, 7) is 11.9. The van der Waals surface area contributed by atoms with Gasteiger partial charge in [-0.25, -0.2) is 0 Å². The molecule has 1 saturated heterocycles. The molecule has 1 heterocycles. The van der Waals surface area contributed by atoms with Crippen LogP contribution in [0.15, 0.2) is 18.2 Å². The maximum Gasteiger partial charge on any atom is 0.0413 e. The van der Waals surface area contributed by atoms with Crippen molar-refractivity contribution in [2.45, 2.75) is 20.4 Å². The summed E-state index contributed by atoms with van der Waals surface area (Å²) in [4.78, 5) is 4.98. The fourth-order valence-corrected chi connectivity index (χ4v) is 2.76. The summed E-state index contributed by atoms with van der Waals surface area (Å²) >= 11 is 6.13. The van der Waals surface area contributed by atoms with Crippen LogP contribution in [0.2, 0.25) is 5.02 Å². The molecule has 0 spiro atoms. The number of hydrogen-bond donors (Lipinski definition) is 1. The number of halogens is 1. The lowest BCUT2D eigenvalue weighted by Gasteiger charge is -2.36. The van der Waals surface area contributed by atoms with Crippen molar-refractivity contribution in [1.82, 2.24) is 10.2 Å². The predicted molar refractivity (Wildman–Crippen MR) is 83.2 cm³/mol. The number of benzene rings is 1. The topological polar surface area (TPSA) is 18.5 Å². The molecule has 2 rings (SSSR count). The van der Waals surface area contributed by atoms with E-state index < -0.39 is 0 Å². The highest BCUT2D eigenvalue weighted by atomic mass is 35.5. The van der Waals surface area contributed by atoms with Crippen molar-refractivity contribution in [2.75, 3.05) is 44.2 Å². The first-order valence-corrected chi connectivity index (χ1v) is 7.58. The molecule has 0 unspecified atom stereocenters. The molecule has 1 fully saturated rings. The third-order valence-electron chi connectivity index (χ3n) is 3.77. The van der Waals surface area contributed by atoms with Gasteiger partial charge in [-0.1, -0.05) is 25.4 Å². The van der Waals surface area contributed by atoms with Crippen LogP contribution in [0.5, 0.6) is 0 Å². The normalized spacial score (nSPS) is 16.9. The van der Waals surface area contributed by atoms with E-state index in [1.54, 1.807) is 0 Å². The summed E-state index contributed by atoms with van der Waals surface area (Å²) in [5, 5.41) is 4.22. The Morgan fingerprint density at radius 3 is 2.53 bits per heavy atom. The lowest BCUT2D eigenvalue weighted by Crippen LogP contribution is -2.46. The van der Waals surface area contributed by atoms with Gasteiger partial charge in [0.15, 0.2) is 0 Å². The first-order chi connectivity index (χ1) is 9.24. The molecule has 0 aromatic heterocycles. The minimum atomic E-state index is 0.823. The van der Waals surface area contributed by atoms with Gasteiger partial charge < -0.3 is 15.1 Å². The van der Waals surface area contributed by atoms with E-state index in [1.165, 1.54) is 11.3 Å². The third-order valence-corrected chi connectivity index (χ3v) is 4.00. The van der Waals surface area contributed by atoms with E-state index in [4.69, 9.17) is 11.6 Å². The van der Waals surface area contributed by atoms with Crippen molar-refractivity contribution < 1.29 is 0 Å². The van der Waals surface area contributed by atoms with Crippen molar-refractivity contribution in [3.05, 3.63) is 28.8 Å². The molecule has 0 saturated carbocycles. The van der Waals surface area contributed by atoms with Crippen molar-refractivity contribution >= 4 is 17.3 Å². The van der Waals surface area contributed by atoms with Gasteiger partial charge in [0, 0.05) is 43.4 Å². The van der Waals surface area contributed by atoms with Crippen LogP contribution in [0, 0.1) is 0 Å². The van der Waals surface area contributed by atoms with Gasteiger partial charge in [0.2, 0.25) is 0 Å². The highest BCUT2D eigenvalue weighted by molar-refractivity contribution is 6.30. The molecule has 4 heteroatoms. The Morgan fingerprint density at radius 2 is 1.89 bits per heavy atom. The van der Waals surface area contributed by atoms with E-state index in [1.807, 2.05) is 6.07 Å². The largest absolute Gasteiger partial charge is 0.369 e. The maximum absolute atomic E-state index is 6.13. The molecule has 1 N–H and O–H groups in total.